The minimum absolute atomic E-state index is 0.0123. The zero-order chi connectivity index (χ0) is 18.4. The summed E-state index contributed by atoms with van der Waals surface area (Å²) < 4.78 is 5.53. The highest BCUT2D eigenvalue weighted by molar-refractivity contribution is 5.75. The summed E-state index contributed by atoms with van der Waals surface area (Å²) in [7, 11) is 0. The number of carbonyl (C=O) groups excluding carboxylic acids is 2. The topological polar surface area (TPSA) is 73.9 Å². The molecule has 1 unspecified atom stereocenters. The van der Waals surface area contributed by atoms with E-state index in [9.17, 15) is 9.59 Å². The van der Waals surface area contributed by atoms with Gasteiger partial charge in [-0.25, -0.2) is 4.79 Å². The number of rotatable bonds is 4. The molecule has 7 nitrogen and oxygen atoms in total. The van der Waals surface area contributed by atoms with Crippen LogP contribution in [0.15, 0.2) is 0 Å². The van der Waals surface area contributed by atoms with E-state index in [4.69, 9.17) is 4.74 Å². The molecule has 3 fully saturated rings. The molecule has 0 aromatic carbocycles. The monoisotopic (exact) mass is 366 g/mol. The van der Waals surface area contributed by atoms with Crippen molar-refractivity contribution in [3.8, 4) is 0 Å². The first-order valence-corrected chi connectivity index (χ1v) is 10.2. The number of urea groups is 1. The molecular formula is C19H34N4O3. The van der Waals surface area contributed by atoms with Gasteiger partial charge in [-0.1, -0.05) is 19.3 Å². The van der Waals surface area contributed by atoms with E-state index in [1.165, 1.54) is 26.2 Å². The Labute approximate surface area is 156 Å². The number of morpholine rings is 1. The highest BCUT2D eigenvalue weighted by Crippen LogP contribution is 2.34. The molecular weight excluding hydrogens is 332 g/mol. The van der Waals surface area contributed by atoms with Gasteiger partial charge in [0.1, 0.15) is 0 Å². The van der Waals surface area contributed by atoms with Crippen molar-refractivity contribution < 1.29 is 14.3 Å². The normalized spacial score (nSPS) is 27.0. The number of ether oxygens (including phenoxy) is 1. The molecule has 7 heteroatoms. The van der Waals surface area contributed by atoms with Gasteiger partial charge in [0.25, 0.3) is 0 Å². The SMILES string of the molecule is CC(=O)NC1CCCN(C(=O)NCC2(N3CCOCC3)CCCCC2)C1. The van der Waals surface area contributed by atoms with Crippen molar-refractivity contribution in [1.82, 2.24) is 20.4 Å². The summed E-state index contributed by atoms with van der Waals surface area (Å²) in [5.41, 5.74) is 0.0878. The predicted octanol–water partition coefficient (Wildman–Crippen LogP) is 1.33. The van der Waals surface area contributed by atoms with Gasteiger partial charge in [-0.3, -0.25) is 9.69 Å². The molecule has 3 amide bonds. The van der Waals surface area contributed by atoms with Crippen molar-refractivity contribution >= 4 is 11.9 Å². The maximum atomic E-state index is 12.8. The van der Waals surface area contributed by atoms with Crippen LogP contribution >= 0.6 is 0 Å². The molecule has 1 aliphatic carbocycles. The van der Waals surface area contributed by atoms with Gasteiger partial charge in [0.15, 0.2) is 0 Å². The lowest BCUT2D eigenvalue weighted by Gasteiger charge is -2.48. The fraction of sp³-hybridized carbons (Fsp3) is 0.895. The third-order valence-electron chi connectivity index (χ3n) is 6.15. The number of nitrogens with one attached hydrogen (secondary N) is 2. The number of hydrogen-bond donors (Lipinski definition) is 2. The summed E-state index contributed by atoms with van der Waals surface area (Å²) in [6.45, 7) is 7.14. The average molecular weight is 367 g/mol. The second kappa shape index (κ2) is 9.04. The first-order chi connectivity index (χ1) is 12.6. The smallest absolute Gasteiger partial charge is 0.317 e. The molecule has 2 heterocycles. The van der Waals surface area contributed by atoms with Crippen LogP contribution in [0.3, 0.4) is 0 Å². The summed E-state index contributed by atoms with van der Waals surface area (Å²) >= 11 is 0. The van der Waals surface area contributed by atoms with E-state index in [0.29, 0.717) is 13.1 Å². The highest BCUT2D eigenvalue weighted by Gasteiger charge is 2.39. The van der Waals surface area contributed by atoms with Gasteiger partial charge in [-0.15, -0.1) is 0 Å². The standard InChI is InChI=1S/C19H34N4O3/c1-16(24)21-17-6-5-9-22(14-17)18(25)20-15-19(7-3-2-4-8-19)23-10-12-26-13-11-23/h17H,2-15H2,1H3,(H,20,25)(H,21,24). The molecule has 1 saturated carbocycles. The van der Waals surface area contributed by atoms with E-state index in [1.807, 2.05) is 4.90 Å². The quantitative estimate of drug-likeness (QED) is 0.787. The summed E-state index contributed by atoms with van der Waals surface area (Å²) in [6, 6.07) is 0.0909. The van der Waals surface area contributed by atoms with Crippen LogP contribution in [0, 0.1) is 0 Å². The molecule has 0 bridgehead atoms. The van der Waals surface area contributed by atoms with Crippen molar-refractivity contribution in [1.29, 1.82) is 0 Å². The summed E-state index contributed by atoms with van der Waals surface area (Å²) in [5.74, 6) is -0.0225. The largest absolute Gasteiger partial charge is 0.379 e. The highest BCUT2D eigenvalue weighted by atomic mass is 16.5. The third-order valence-corrected chi connectivity index (χ3v) is 6.15. The molecule has 148 valence electrons. The third kappa shape index (κ3) is 4.88. The number of hydrogen-bond acceptors (Lipinski definition) is 4. The van der Waals surface area contributed by atoms with Gasteiger partial charge in [0.05, 0.1) is 13.2 Å². The Hall–Kier alpha value is -1.34. The van der Waals surface area contributed by atoms with Gasteiger partial charge in [0.2, 0.25) is 5.91 Å². The lowest BCUT2D eigenvalue weighted by Crippen LogP contribution is -2.61. The molecule has 1 atom stereocenters. The van der Waals surface area contributed by atoms with Crippen molar-refractivity contribution in [2.45, 2.75) is 63.5 Å². The van der Waals surface area contributed by atoms with Crippen molar-refractivity contribution in [2.24, 2.45) is 0 Å². The maximum absolute atomic E-state index is 12.8. The van der Waals surface area contributed by atoms with Crippen LogP contribution in [0.4, 0.5) is 4.79 Å². The molecule has 3 rings (SSSR count). The molecule has 0 aromatic rings. The first kappa shape index (κ1) is 19.4. The van der Waals surface area contributed by atoms with E-state index in [2.05, 4.69) is 15.5 Å². The Kier molecular flexibility index (Phi) is 6.75. The molecule has 2 saturated heterocycles. The Morgan fingerprint density at radius 3 is 2.50 bits per heavy atom. The fourth-order valence-corrected chi connectivity index (χ4v) is 4.77. The van der Waals surface area contributed by atoms with Gasteiger partial charge >= 0.3 is 6.03 Å². The van der Waals surface area contributed by atoms with Crippen LogP contribution in [0.1, 0.15) is 51.9 Å². The van der Waals surface area contributed by atoms with E-state index in [0.717, 1.165) is 58.5 Å². The van der Waals surface area contributed by atoms with Crippen molar-refractivity contribution in [2.75, 3.05) is 45.9 Å². The van der Waals surface area contributed by atoms with Gasteiger partial charge in [-0.05, 0) is 25.7 Å². The number of amides is 3. The molecule has 0 radical (unpaired) electrons. The number of nitrogens with zero attached hydrogens (tertiary/aromatic N) is 2. The second-order valence-electron chi connectivity index (χ2n) is 8.03. The van der Waals surface area contributed by atoms with Crippen LogP contribution < -0.4 is 10.6 Å². The summed E-state index contributed by atoms with van der Waals surface area (Å²) in [5, 5.41) is 6.17. The van der Waals surface area contributed by atoms with Gasteiger partial charge in [-0.2, -0.15) is 0 Å². The molecule has 26 heavy (non-hydrogen) atoms. The zero-order valence-corrected chi connectivity index (χ0v) is 16.1. The molecule has 0 aromatic heterocycles. The van der Waals surface area contributed by atoms with Crippen LogP contribution in [-0.4, -0.2) is 79.3 Å². The van der Waals surface area contributed by atoms with Crippen LogP contribution in [0.25, 0.3) is 0 Å². The average Bonchev–Trinajstić information content (AvgIpc) is 2.67. The number of piperidine rings is 1. The molecule has 2 aliphatic heterocycles. The van der Waals surface area contributed by atoms with Crippen molar-refractivity contribution in [3.63, 3.8) is 0 Å². The van der Waals surface area contributed by atoms with Crippen LogP contribution in [0.2, 0.25) is 0 Å². The minimum Gasteiger partial charge on any atom is -0.379 e. The Morgan fingerprint density at radius 1 is 1.08 bits per heavy atom. The Morgan fingerprint density at radius 2 is 1.81 bits per heavy atom. The predicted molar refractivity (Wildman–Crippen MR) is 100 cm³/mol. The molecule has 2 N–H and O–H groups in total. The summed E-state index contributed by atoms with van der Waals surface area (Å²) in [6.07, 6.45) is 7.96. The second-order valence-corrected chi connectivity index (χ2v) is 8.03. The van der Waals surface area contributed by atoms with E-state index >= 15 is 0 Å². The maximum Gasteiger partial charge on any atom is 0.317 e. The zero-order valence-electron chi connectivity index (χ0n) is 16.1. The lowest BCUT2D eigenvalue weighted by molar-refractivity contribution is -0.119. The lowest BCUT2D eigenvalue weighted by atomic mass is 9.80. The van der Waals surface area contributed by atoms with Crippen molar-refractivity contribution in [3.05, 3.63) is 0 Å². The van der Waals surface area contributed by atoms with E-state index in [-0.39, 0.29) is 23.5 Å². The Balaban J connectivity index is 1.56. The van der Waals surface area contributed by atoms with E-state index < -0.39 is 0 Å². The molecule has 3 aliphatic rings. The van der Waals surface area contributed by atoms with Gasteiger partial charge < -0.3 is 20.3 Å². The van der Waals surface area contributed by atoms with Crippen LogP contribution in [0.5, 0.6) is 0 Å². The minimum atomic E-state index is -0.0225. The molecule has 0 spiro atoms. The van der Waals surface area contributed by atoms with Gasteiger partial charge in [0, 0.05) is 51.2 Å². The number of likely N-dealkylation sites (tertiary alicyclic amines) is 1. The fourth-order valence-electron chi connectivity index (χ4n) is 4.77. The Bertz CT molecular complexity index is 487. The first-order valence-electron chi connectivity index (χ1n) is 10.2. The number of carbonyl (C=O) groups is 2. The van der Waals surface area contributed by atoms with Crippen LogP contribution in [-0.2, 0) is 9.53 Å². The van der Waals surface area contributed by atoms with E-state index in [1.54, 1.807) is 0 Å². The summed E-state index contributed by atoms with van der Waals surface area (Å²) in [4.78, 5) is 28.5.